The molecule has 2 aliphatic rings. The van der Waals surface area contributed by atoms with Crippen LogP contribution in [0.4, 0.5) is 11.4 Å². The van der Waals surface area contributed by atoms with E-state index in [2.05, 4.69) is 28.8 Å². The molecule has 1 heterocycles. The summed E-state index contributed by atoms with van der Waals surface area (Å²) < 4.78 is 29.4. The van der Waals surface area contributed by atoms with Crippen LogP contribution < -0.4 is 10.0 Å². The molecule has 1 saturated heterocycles. The number of piperidine rings is 1. The molecule has 0 saturated carbocycles. The van der Waals surface area contributed by atoms with Gasteiger partial charge in [0.15, 0.2) is 0 Å². The zero-order chi connectivity index (χ0) is 25.0. The van der Waals surface area contributed by atoms with Crippen molar-refractivity contribution in [2.75, 3.05) is 29.7 Å². The summed E-state index contributed by atoms with van der Waals surface area (Å²) in [5.74, 6) is -0.616. The third-order valence-corrected chi connectivity index (χ3v) is 9.04. The molecule has 35 heavy (non-hydrogen) atoms. The van der Waals surface area contributed by atoms with Crippen molar-refractivity contribution >= 4 is 27.4 Å². The number of fused-ring (bicyclic) bond motifs is 1. The van der Waals surface area contributed by atoms with E-state index in [9.17, 15) is 18.3 Å². The zero-order valence-corrected chi connectivity index (χ0v) is 21.5. The minimum atomic E-state index is -3.99. The van der Waals surface area contributed by atoms with Crippen LogP contribution in [-0.4, -0.2) is 50.1 Å². The maximum absolute atomic E-state index is 13.4. The van der Waals surface area contributed by atoms with Crippen molar-refractivity contribution in [1.29, 1.82) is 0 Å². The molecule has 1 aliphatic carbocycles. The molecule has 1 unspecified atom stereocenters. The smallest absolute Gasteiger partial charge is 0.338 e. The second kappa shape index (κ2) is 11.0. The molecule has 1 atom stereocenters. The lowest BCUT2D eigenvalue weighted by Crippen LogP contribution is -2.40. The standard InChI is InChI=1S/C27H37N3O4S/c1-3-19(2)30-16-14-20(15-17-30)18-28-23-10-6-7-11-25(23)35(33,34)29-24-13-12-21-8-4-5-9-22(21)26(24)27(31)32/h6-7,10-13,19-20,28-29H,3-5,8-9,14-18H2,1-2H3,(H,31,32). The Morgan fingerprint density at radius 3 is 2.51 bits per heavy atom. The van der Waals surface area contributed by atoms with Crippen molar-refractivity contribution in [2.45, 2.75) is 69.7 Å². The average Bonchev–Trinajstić information content (AvgIpc) is 2.87. The fourth-order valence-corrected chi connectivity index (χ4v) is 6.57. The van der Waals surface area contributed by atoms with E-state index < -0.39 is 16.0 Å². The van der Waals surface area contributed by atoms with Crippen LogP contribution in [0.5, 0.6) is 0 Å². The van der Waals surface area contributed by atoms with Gasteiger partial charge in [-0.3, -0.25) is 4.72 Å². The van der Waals surface area contributed by atoms with Crippen LogP contribution in [0.1, 0.15) is 67.4 Å². The number of aryl methyl sites for hydroxylation is 1. The Hall–Kier alpha value is -2.58. The second-order valence-corrected chi connectivity index (χ2v) is 11.5. The van der Waals surface area contributed by atoms with Crippen LogP contribution in [0.2, 0.25) is 0 Å². The number of nitrogens with zero attached hydrogens (tertiary/aromatic N) is 1. The van der Waals surface area contributed by atoms with Gasteiger partial charge in [-0.15, -0.1) is 0 Å². The van der Waals surface area contributed by atoms with Crippen molar-refractivity contribution in [3.63, 3.8) is 0 Å². The van der Waals surface area contributed by atoms with E-state index in [4.69, 9.17) is 0 Å². The number of nitrogens with one attached hydrogen (secondary N) is 2. The minimum absolute atomic E-state index is 0.0734. The lowest BCUT2D eigenvalue weighted by molar-refractivity contribution is 0.0696. The second-order valence-electron chi connectivity index (χ2n) is 9.86. The van der Waals surface area contributed by atoms with Gasteiger partial charge in [0, 0.05) is 12.6 Å². The Labute approximate surface area is 209 Å². The van der Waals surface area contributed by atoms with Gasteiger partial charge in [-0.1, -0.05) is 25.1 Å². The first-order valence-corrected chi connectivity index (χ1v) is 14.3. The molecule has 8 heteroatoms. The topological polar surface area (TPSA) is 98.7 Å². The van der Waals surface area contributed by atoms with E-state index in [1.807, 2.05) is 12.1 Å². The largest absolute Gasteiger partial charge is 0.478 e. The Balaban J connectivity index is 1.50. The molecule has 0 radical (unpaired) electrons. The summed E-state index contributed by atoms with van der Waals surface area (Å²) >= 11 is 0. The molecule has 0 bridgehead atoms. The van der Waals surface area contributed by atoms with Gasteiger partial charge in [0.1, 0.15) is 4.90 Å². The molecule has 0 amide bonds. The summed E-state index contributed by atoms with van der Waals surface area (Å²) in [5.41, 5.74) is 2.49. The summed E-state index contributed by atoms with van der Waals surface area (Å²) in [7, 11) is -3.99. The monoisotopic (exact) mass is 499 g/mol. The molecule has 0 aromatic heterocycles. The van der Waals surface area contributed by atoms with Crippen LogP contribution in [0.3, 0.4) is 0 Å². The van der Waals surface area contributed by atoms with Gasteiger partial charge in [-0.2, -0.15) is 0 Å². The Morgan fingerprint density at radius 2 is 1.80 bits per heavy atom. The number of carboxylic acid groups (broad SMARTS) is 1. The molecule has 2 aromatic carbocycles. The summed E-state index contributed by atoms with van der Waals surface area (Å²) in [4.78, 5) is 14.8. The number of rotatable bonds is 9. The van der Waals surface area contributed by atoms with Crippen molar-refractivity contribution in [3.8, 4) is 0 Å². The molecule has 3 N–H and O–H groups in total. The van der Waals surface area contributed by atoms with E-state index in [1.54, 1.807) is 24.3 Å². The summed E-state index contributed by atoms with van der Waals surface area (Å²) in [6.07, 6.45) is 6.73. The Kier molecular flexibility index (Phi) is 8.02. The summed E-state index contributed by atoms with van der Waals surface area (Å²) in [6.45, 7) is 7.33. The molecule has 190 valence electrons. The highest BCUT2D eigenvalue weighted by Gasteiger charge is 2.26. The van der Waals surface area contributed by atoms with Crippen molar-refractivity contribution in [2.24, 2.45) is 5.92 Å². The number of para-hydroxylation sites is 1. The maximum Gasteiger partial charge on any atom is 0.338 e. The van der Waals surface area contributed by atoms with E-state index in [1.165, 1.54) is 0 Å². The van der Waals surface area contributed by atoms with Crippen molar-refractivity contribution in [3.05, 3.63) is 53.1 Å². The van der Waals surface area contributed by atoms with E-state index in [-0.39, 0.29) is 16.1 Å². The number of anilines is 2. The van der Waals surface area contributed by atoms with Gasteiger partial charge in [0.2, 0.25) is 0 Å². The number of benzene rings is 2. The predicted molar refractivity (Wildman–Crippen MR) is 140 cm³/mol. The first-order chi connectivity index (χ1) is 16.8. The quantitative estimate of drug-likeness (QED) is 0.450. The normalized spacial score (nSPS) is 18.0. The Bertz CT molecular complexity index is 1160. The van der Waals surface area contributed by atoms with Crippen LogP contribution in [0.25, 0.3) is 0 Å². The minimum Gasteiger partial charge on any atom is -0.478 e. The third-order valence-electron chi connectivity index (χ3n) is 7.61. The number of hydrogen-bond donors (Lipinski definition) is 3. The van der Waals surface area contributed by atoms with Gasteiger partial charge >= 0.3 is 5.97 Å². The zero-order valence-electron chi connectivity index (χ0n) is 20.7. The van der Waals surface area contributed by atoms with Gasteiger partial charge in [0.25, 0.3) is 10.0 Å². The van der Waals surface area contributed by atoms with Gasteiger partial charge in [0.05, 0.1) is 16.9 Å². The number of carboxylic acids is 1. The van der Waals surface area contributed by atoms with Crippen molar-refractivity contribution < 1.29 is 18.3 Å². The fourth-order valence-electron chi connectivity index (χ4n) is 5.31. The summed E-state index contributed by atoms with van der Waals surface area (Å²) in [6, 6.07) is 10.9. The van der Waals surface area contributed by atoms with Crippen LogP contribution in [0, 0.1) is 5.92 Å². The lowest BCUT2D eigenvalue weighted by atomic mass is 9.87. The van der Waals surface area contributed by atoms with Gasteiger partial charge < -0.3 is 15.3 Å². The molecular weight excluding hydrogens is 462 g/mol. The molecule has 1 fully saturated rings. The third kappa shape index (κ3) is 5.81. The number of likely N-dealkylation sites (tertiary alicyclic amines) is 1. The highest BCUT2D eigenvalue weighted by atomic mass is 32.2. The molecular formula is C27H37N3O4S. The first kappa shape index (κ1) is 25.5. The molecule has 7 nitrogen and oxygen atoms in total. The maximum atomic E-state index is 13.4. The molecule has 2 aromatic rings. The van der Waals surface area contributed by atoms with E-state index >= 15 is 0 Å². The number of carbonyl (C=O) groups is 1. The van der Waals surface area contributed by atoms with Crippen LogP contribution in [-0.2, 0) is 22.9 Å². The Morgan fingerprint density at radius 1 is 1.09 bits per heavy atom. The molecule has 1 aliphatic heterocycles. The summed E-state index contributed by atoms with van der Waals surface area (Å²) in [5, 5.41) is 13.3. The van der Waals surface area contributed by atoms with Crippen LogP contribution in [0.15, 0.2) is 41.3 Å². The van der Waals surface area contributed by atoms with Crippen LogP contribution >= 0.6 is 0 Å². The van der Waals surface area contributed by atoms with Crippen molar-refractivity contribution in [1.82, 2.24) is 4.90 Å². The number of sulfonamides is 1. The fraction of sp³-hybridized carbons (Fsp3) is 0.519. The van der Waals surface area contributed by atoms with E-state index in [0.29, 0.717) is 30.6 Å². The van der Waals surface area contributed by atoms with Gasteiger partial charge in [-0.25, -0.2) is 13.2 Å². The highest BCUT2D eigenvalue weighted by molar-refractivity contribution is 7.92. The highest BCUT2D eigenvalue weighted by Crippen LogP contribution is 2.32. The van der Waals surface area contributed by atoms with Gasteiger partial charge in [-0.05, 0) is 100 Å². The lowest BCUT2D eigenvalue weighted by Gasteiger charge is -2.36. The number of hydrogen-bond acceptors (Lipinski definition) is 5. The number of aromatic carboxylic acids is 1. The predicted octanol–water partition coefficient (Wildman–Crippen LogP) is 4.99. The average molecular weight is 500 g/mol. The molecule has 4 rings (SSSR count). The first-order valence-electron chi connectivity index (χ1n) is 12.8. The van der Waals surface area contributed by atoms with E-state index in [0.717, 1.165) is 62.7 Å². The molecule has 0 spiro atoms. The SMILES string of the molecule is CCC(C)N1CCC(CNc2ccccc2S(=O)(=O)Nc2ccc3c(c2C(=O)O)CCCC3)CC1.